The van der Waals surface area contributed by atoms with Crippen LogP contribution in [0.2, 0.25) is 0 Å². The zero-order chi connectivity index (χ0) is 22.9. The Morgan fingerprint density at radius 3 is 2.64 bits per heavy atom. The molecular formula is C29H32N2O2. The van der Waals surface area contributed by atoms with Gasteiger partial charge in [0.15, 0.2) is 0 Å². The monoisotopic (exact) mass is 440 g/mol. The van der Waals surface area contributed by atoms with Gasteiger partial charge in [0.2, 0.25) is 0 Å². The smallest absolute Gasteiger partial charge is 0.139 e. The first-order valence-corrected chi connectivity index (χ1v) is 12.2. The lowest BCUT2D eigenvalue weighted by atomic mass is 9.68. The molecule has 0 radical (unpaired) electrons. The summed E-state index contributed by atoms with van der Waals surface area (Å²) in [5, 5.41) is 3.77. The lowest BCUT2D eigenvalue weighted by Gasteiger charge is -2.37. The summed E-state index contributed by atoms with van der Waals surface area (Å²) in [6.07, 6.45) is 5.63. The van der Waals surface area contributed by atoms with Crippen molar-refractivity contribution in [3.8, 4) is 17.1 Å². The van der Waals surface area contributed by atoms with E-state index in [1.165, 1.54) is 46.2 Å². The summed E-state index contributed by atoms with van der Waals surface area (Å²) in [5.74, 6) is 2.85. The van der Waals surface area contributed by atoms with Crippen molar-refractivity contribution in [2.75, 3.05) is 0 Å². The van der Waals surface area contributed by atoms with Crippen molar-refractivity contribution in [1.29, 1.82) is 0 Å². The molecule has 4 heteroatoms. The summed E-state index contributed by atoms with van der Waals surface area (Å²) in [4.78, 5) is 5.31. The first-order chi connectivity index (χ1) is 15.8. The number of nitrogens with one attached hydrogen (secondary N) is 1. The third-order valence-electron chi connectivity index (χ3n) is 7.56. The van der Waals surface area contributed by atoms with Crippen LogP contribution in [0, 0.1) is 6.92 Å². The molecule has 0 saturated heterocycles. The standard InChI is InChI=1S/C29H32N2O2/c1-16(2)33-19-10-8-18(9-11-19)28-30-25-23-17(3)15-32-27(23)21-12-13-22-20(24(21)26(25)31-28)7-6-14-29(22,4)5/h8-13,15-16,25-26H,6-7,14H2,1-5H3,(H,30,31). The summed E-state index contributed by atoms with van der Waals surface area (Å²) < 4.78 is 12.0. The Kier molecular flexibility index (Phi) is 4.52. The fraction of sp³-hybridized carbons (Fsp3) is 0.414. The molecule has 2 aliphatic carbocycles. The summed E-state index contributed by atoms with van der Waals surface area (Å²) in [7, 11) is 0. The summed E-state index contributed by atoms with van der Waals surface area (Å²) in [6.45, 7) is 11.0. The second kappa shape index (κ2) is 7.24. The maximum absolute atomic E-state index is 6.15. The van der Waals surface area contributed by atoms with Crippen LogP contribution in [-0.4, -0.2) is 11.9 Å². The number of hydrogen-bond acceptors (Lipinski definition) is 4. The minimum atomic E-state index is 0.0641. The van der Waals surface area contributed by atoms with Crippen LogP contribution >= 0.6 is 0 Å². The Morgan fingerprint density at radius 1 is 1.09 bits per heavy atom. The second-order valence-corrected chi connectivity index (χ2v) is 10.7. The average molecular weight is 441 g/mol. The molecule has 2 atom stereocenters. The van der Waals surface area contributed by atoms with E-state index in [2.05, 4.69) is 50.4 Å². The third kappa shape index (κ3) is 3.14. The van der Waals surface area contributed by atoms with E-state index in [1.54, 1.807) is 0 Å². The van der Waals surface area contributed by atoms with Crippen molar-refractivity contribution < 1.29 is 9.15 Å². The van der Waals surface area contributed by atoms with E-state index in [4.69, 9.17) is 14.1 Å². The van der Waals surface area contributed by atoms with Gasteiger partial charge in [0.25, 0.3) is 0 Å². The average Bonchev–Trinajstić information content (AvgIpc) is 3.37. The third-order valence-corrected chi connectivity index (χ3v) is 7.56. The van der Waals surface area contributed by atoms with Crippen LogP contribution in [0.3, 0.4) is 0 Å². The van der Waals surface area contributed by atoms with Gasteiger partial charge in [-0.05, 0) is 92.0 Å². The summed E-state index contributed by atoms with van der Waals surface area (Å²) in [6, 6.07) is 13.1. The van der Waals surface area contributed by atoms with Gasteiger partial charge in [-0.3, -0.25) is 4.99 Å². The molecule has 1 aromatic heterocycles. The van der Waals surface area contributed by atoms with Gasteiger partial charge < -0.3 is 14.5 Å². The zero-order valence-electron chi connectivity index (χ0n) is 20.2. The number of rotatable bonds is 3. The van der Waals surface area contributed by atoms with E-state index in [1.807, 2.05) is 32.2 Å². The molecule has 2 heterocycles. The number of aliphatic imine (C=N–C) groups is 1. The molecule has 1 aliphatic heterocycles. The highest BCUT2D eigenvalue weighted by Gasteiger charge is 2.44. The molecule has 170 valence electrons. The molecule has 3 aromatic rings. The predicted molar refractivity (Wildman–Crippen MR) is 132 cm³/mol. The van der Waals surface area contributed by atoms with Crippen LogP contribution in [0.1, 0.15) is 86.0 Å². The topological polar surface area (TPSA) is 46.8 Å². The molecule has 2 unspecified atom stereocenters. The zero-order valence-corrected chi connectivity index (χ0v) is 20.2. The molecule has 3 aliphatic rings. The molecule has 4 nitrogen and oxygen atoms in total. The highest BCUT2D eigenvalue weighted by molar-refractivity contribution is 6.01. The molecule has 2 aromatic carbocycles. The summed E-state index contributed by atoms with van der Waals surface area (Å²) >= 11 is 0. The number of hydrogen-bond donors (Lipinski definition) is 1. The normalized spacial score (nSPS) is 22.1. The second-order valence-electron chi connectivity index (χ2n) is 10.7. The molecule has 1 N–H and O–H groups in total. The molecule has 0 spiro atoms. The van der Waals surface area contributed by atoms with Gasteiger partial charge in [-0.15, -0.1) is 0 Å². The summed E-state index contributed by atoms with van der Waals surface area (Å²) in [5.41, 5.74) is 9.30. The molecule has 6 rings (SSSR count). The van der Waals surface area contributed by atoms with Crippen molar-refractivity contribution in [3.63, 3.8) is 0 Å². The molecule has 33 heavy (non-hydrogen) atoms. The van der Waals surface area contributed by atoms with E-state index < -0.39 is 0 Å². The van der Waals surface area contributed by atoms with Crippen LogP contribution in [-0.2, 0) is 11.8 Å². The fourth-order valence-corrected chi connectivity index (χ4v) is 6.05. The Hall–Kier alpha value is -3.01. The number of aryl methyl sites for hydroxylation is 1. The molecular weight excluding hydrogens is 408 g/mol. The molecule has 0 fully saturated rings. The number of benzene rings is 2. The number of ether oxygens (including phenoxy) is 1. The van der Waals surface area contributed by atoms with Gasteiger partial charge in [0, 0.05) is 16.7 Å². The van der Waals surface area contributed by atoms with Gasteiger partial charge in [-0.25, -0.2) is 0 Å². The quantitative estimate of drug-likeness (QED) is 0.487. The SMILES string of the molecule is Cc1coc2c1C1NC(c3ccc(OC(C)C)cc3)=NC1c1c-2ccc2c1CCCC2(C)C. The molecule has 0 amide bonds. The predicted octanol–water partition coefficient (Wildman–Crippen LogP) is 6.80. The number of furan rings is 1. The van der Waals surface area contributed by atoms with Crippen LogP contribution in [0.15, 0.2) is 52.1 Å². The van der Waals surface area contributed by atoms with Crippen LogP contribution in [0.4, 0.5) is 0 Å². The van der Waals surface area contributed by atoms with Crippen molar-refractivity contribution in [1.82, 2.24) is 5.32 Å². The highest BCUT2D eigenvalue weighted by Crippen LogP contribution is 2.54. The lowest BCUT2D eigenvalue weighted by Crippen LogP contribution is -2.30. The van der Waals surface area contributed by atoms with Gasteiger partial charge >= 0.3 is 0 Å². The van der Waals surface area contributed by atoms with Crippen molar-refractivity contribution in [2.45, 2.75) is 77.5 Å². The number of fused-ring (bicyclic) bond motifs is 8. The minimum absolute atomic E-state index is 0.0641. The van der Waals surface area contributed by atoms with E-state index in [-0.39, 0.29) is 23.6 Å². The minimum Gasteiger partial charge on any atom is -0.491 e. The maximum Gasteiger partial charge on any atom is 0.139 e. The van der Waals surface area contributed by atoms with Crippen molar-refractivity contribution >= 4 is 5.84 Å². The number of nitrogens with zero attached hydrogens (tertiary/aromatic N) is 1. The van der Waals surface area contributed by atoms with Crippen LogP contribution in [0.25, 0.3) is 11.3 Å². The van der Waals surface area contributed by atoms with Gasteiger partial charge in [-0.2, -0.15) is 0 Å². The van der Waals surface area contributed by atoms with E-state index >= 15 is 0 Å². The Balaban J connectivity index is 1.49. The number of amidine groups is 1. The maximum atomic E-state index is 6.15. The van der Waals surface area contributed by atoms with E-state index in [0.29, 0.717) is 0 Å². The fourth-order valence-electron chi connectivity index (χ4n) is 6.05. The molecule has 0 saturated carbocycles. The lowest BCUT2D eigenvalue weighted by molar-refractivity contribution is 0.242. The van der Waals surface area contributed by atoms with E-state index in [0.717, 1.165) is 29.3 Å². The first kappa shape index (κ1) is 20.6. The van der Waals surface area contributed by atoms with Gasteiger partial charge in [0.1, 0.15) is 23.4 Å². The van der Waals surface area contributed by atoms with Crippen molar-refractivity contribution in [3.05, 3.63) is 76.0 Å². The van der Waals surface area contributed by atoms with Gasteiger partial charge in [0.05, 0.1) is 18.4 Å². The largest absolute Gasteiger partial charge is 0.491 e. The Bertz CT molecular complexity index is 1260. The van der Waals surface area contributed by atoms with Gasteiger partial charge in [-0.1, -0.05) is 26.0 Å². The Labute approximate surface area is 196 Å². The highest BCUT2D eigenvalue weighted by atomic mass is 16.5. The van der Waals surface area contributed by atoms with E-state index in [9.17, 15) is 0 Å². The van der Waals surface area contributed by atoms with Crippen molar-refractivity contribution in [2.24, 2.45) is 4.99 Å². The van der Waals surface area contributed by atoms with Crippen LogP contribution < -0.4 is 10.1 Å². The first-order valence-electron chi connectivity index (χ1n) is 12.2. The Morgan fingerprint density at radius 2 is 1.88 bits per heavy atom. The molecule has 0 bridgehead atoms. The van der Waals surface area contributed by atoms with Crippen LogP contribution in [0.5, 0.6) is 5.75 Å².